The van der Waals surface area contributed by atoms with E-state index in [0.29, 0.717) is 6.54 Å². The lowest BCUT2D eigenvalue weighted by atomic mass is 10.1. The van der Waals surface area contributed by atoms with Crippen molar-refractivity contribution in [2.75, 3.05) is 13.6 Å². The number of hydrogen-bond donors (Lipinski definition) is 3. The molecule has 4 heteroatoms. The number of amides is 2. The van der Waals surface area contributed by atoms with Crippen LogP contribution < -0.4 is 16.4 Å². The van der Waals surface area contributed by atoms with Crippen LogP contribution >= 0.6 is 0 Å². The first-order valence-corrected chi connectivity index (χ1v) is 4.49. The molecule has 0 saturated carbocycles. The summed E-state index contributed by atoms with van der Waals surface area (Å²) in [5, 5.41) is 5.67. The maximum Gasteiger partial charge on any atom is 0.312 e. The van der Waals surface area contributed by atoms with Crippen molar-refractivity contribution in [2.45, 2.75) is 6.04 Å². The van der Waals surface area contributed by atoms with Gasteiger partial charge in [0.1, 0.15) is 0 Å². The van der Waals surface area contributed by atoms with Gasteiger partial charge in [0.05, 0.1) is 0 Å². The Morgan fingerprint density at radius 1 is 1.43 bits per heavy atom. The number of nitrogens with one attached hydrogen (secondary N) is 2. The van der Waals surface area contributed by atoms with E-state index in [2.05, 4.69) is 10.6 Å². The molecule has 2 amide bonds. The molecule has 0 aromatic heterocycles. The van der Waals surface area contributed by atoms with Crippen molar-refractivity contribution in [3.05, 3.63) is 35.9 Å². The number of carbonyl (C=O) groups excluding carboxylic acids is 1. The van der Waals surface area contributed by atoms with Crippen LogP contribution in [0.15, 0.2) is 30.3 Å². The third kappa shape index (κ3) is 3.06. The lowest BCUT2D eigenvalue weighted by Gasteiger charge is -2.16. The van der Waals surface area contributed by atoms with Crippen molar-refractivity contribution in [1.29, 1.82) is 0 Å². The molecule has 1 unspecified atom stereocenters. The number of hydrogen-bond acceptors (Lipinski definition) is 2. The summed E-state index contributed by atoms with van der Waals surface area (Å²) >= 11 is 0. The third-order valence-corrected chi connectivity index (χ3v) is 2.03. The monoisotopic (exact) mass is 193 g/mol. The van der Waals surface area contributed by atoms with E-state index in [0.717, 1.165) is 5.56 Å². The smallest absolute Gasteiger partial charge is 0.312 e. The first-order valence-electron chi connectivity index (χ1n) is 4.49. The molecular weight excluding hydrogens is 178 g/mol. The van der Waals surface area contributed by atoms with Crippen molar-refractivity contribution in [2.24, 2.45) is 5.73 Å². The highest BCUT2D eigenvalue weighted by Crippen LogP contribution is 2.10. The number of urea groups is 1. The van der Waals surface area contributed by atoms with Gasteiger partial charge in [0, 0.05) is 12.6 Å². The molecular formula is C10H15N3O. The fraction of sp³-hybridized carbons (Fsp3) is 0.300. The molecule has 0 aliphatic heterocycles. The van der Waals surface area contributed by atoms with Crippen LogP contribution in [-0.4, -0.2) is 19.6 Å². The fourth-order valence-corrected chi connectivity index (χ4v) is 1.27. The van der Waals surface area contributed by atoms with Crippen LogP contribution in [0, 0.1) is 0 Å². The summed E-state index contributed by atoms with van der Waals surface area (Å²) in [4.78, 5) is 10.5. The van der Waals surface area contributed by atoms with Gasteiger partial charge in [-0.05, 0) is 12.6 Å². The van der Waals surface area contributed by atoms with Gasteiger partial charge in [-0.2, -0.15) is 0 Å². The molecule has 0 heterocycles. The number of likely N-dealkylation sites (N-methyl/N-ethyl adjacent to an activating group) is 1. The molecule has 0 aliphatic carbocycles. The van der Waals surface area contributed by atoms with Crippen molar-refractivity contribution < 1.29 is 4.79 Å². The first kappa shape index (κ1) is 10.5. The summed E-state index contributed by atoms with van der Waals surface area (Å²) < 4.78 is 0. The van der Waals surface area contributed by atoms with Crippen LogP contribution in [0.3, 0.4) is 0 Å². The maximum absolute atomic E-state index is 10.5. The van der Waals surface area contributed by atoms with Gasteiger partial charge in [-0.15, -0.1) is 0 Å². The van der Waals surface area contributed by atoms with Crippen LogP contribution in [0.2, 0.25) is 0 Å². The second-order valence-corrected chi connectivity index (χ2v) is 3.00. The number of carbonyl (C=O) groups is 1. The first-order chi connectivity index (χ1) is 6.74. The topological polar surface area (TPSA) is 67.2 Å². The minimum Gasteiger partial charge on any atom is -0.352 e. The highest BCUT2D eigenvalue weighted by Gasteiger charge is 2.08. The Bertz CT molecular complexity index is 287. The Kier molecular flexibility index (Phi) is 3.94. The zero-order valence-electron chi connectivity index (χ0n) is 8.16. The number of benzene rings is 1. The molecule has 0 aliphatic rings. The lowest BCUT2D eigenvalue weighted by Crippen LogP contribution is -2.36. The van der Waals surface area contributed by atoms with E-state index in [4.69, 9.17) is 5.73 Å². The molecule has 0 saturated heterocycles. The highest BCUT2D eigenvalue weighted by molar-refractivity contribution is 5.71. The molecule has 76 valence electrons. The van der Waals surface area contributed by atoms with E-state index >= 15 is 0 Å². The zero-order valence-corrected chi connectivity index (χ0v) is 8.16. The molecule has 1 aromatic carbocycles. The molecule has 14 heavy (non-hydrogen) atoms. The minimum absolute atomic E-state index is 0.101. The van der Waals surface area contributed by atoms with Gasteiger partial charge in [0.2, 0.25) is 0 Å². The van der Waals surface area contributed by atoms with Gasteiger partial charge in [-0.1, -0.05) is 30.3 Å². The average Bonchev–Trinajstić information content (AvgIpc) is 2.20. The van der Waals surface area contributed by atoms with Gasteiger partial charge >= 0.3 is 6.03 Å². The highest BCUT2D eigenvalue weighted by atomic mass is 16.2. The molecule has 1 rings (SSSR count). The summed E-state index contributed by atoms with van der Waals surface area (Å²) in [5.41, 5.74) is 6.12. The molecule has 1 atom stereocenters. The number of rotatable bonds is 4. The fourth-order valence-electron chi connectivity index (χ4n) is 1.27. The summed E-state index contributed by atoms with van der Waals surface area (Å²) in [7, 11) is 1.85. The quantitative estimate of drug-likeness (QED) is 0.656. The predicted octanol–water partition coefficient (Wildman–Crippen LogP) is 0.615. The molecule has 4 N–H and O–H groups in total. The standard InChI is InChI=1S/C10H15N3O/c1-12-9(7-13-10(11)14)8-5-3-2-4-6-8/h2-6,9,12H,7H2,1H3,(H3,11,13,14). The number of nitrogens with two attached hydrogens (primary N) is 1. The van der Waals surface area contributed by atoms with Gasteiger partial charge in [-0.3, -0.25) is 0 Å². The van der Waals surface area contributed by atoms with Gasteiger partial charge in [0.15, 0.2) is 0 Å². The average molecular weight is 193 g/mol. The minimum atomic E-state index is -0.499. The van der Waals surface area contributed by atoms with E-state index < -0.39 is 6.03 Å². The second-order valence-electron chi connectivity index (χ2n) is 3.00. The molecule has 0 radical (unpaired) electrons. The Morgan fingerprint density at radius 2 is 2.07 bits per heavy atom. The van der Waals surface area contributed by atoms with E-state index in [1.807, 2.05) is 37.4 Å². The Hall–Kier alpha value is -1.55. The van der Waals surface area contributed by atoms with Crippen LogP contribution in [0.1, 0.15) is 11.6 Å². The van der Waals surface area contributed by atoms with E-state index in [1.54, 1.807) is 0 Å². The molecule has 4 nitrogen and oxygen atoms in total. The van der Waals surface area contributed by atoms with Crippen LogP contribution in [0.25, 0.3) is 0 Å². The van der Waals surface area contributed by atoms with Gasteiger partial charge in [-0.25, -0.2) is 4.79 Å². The lowest BCUT2D eigenvalue weighted by molar-refractivity contribution is 0.248. The van der Waals surface area contributed by atoms with Crippen molar-refractivity contribution >= 4 is 6.03 Å². The largest absolute Gasteiger partial charge is 0.352 e. The number of primary amides is 1. The Balaban J connectivity index is 2.58. The van der Waals surface area contributed by atoms with Crippen molar-refractivity contribution in [1.82, 2.24) is 10.6 Å². The Morgan fingerprint density at radius 3 is 2.57 bits per heavy atom. The Labute approximate surface area is 83.5 Å². The maximum atomic E-state index is 10.5. The predicted molar refractivity (Wildman–Crippen MR) is 55.8 cm³/mol. The summed E-state index contributed by atoms with van der Waals surface area (Å²) in [6.45, 7) is 0.496. The van der Waals surface area contributed by atoms with Crippen LogP contribution in [-0.2, 0) is 0 Å². The molecule has 0 spiro atoms. The second kappa shape index (κ2) is 5.24. The summed E-state index contributed by atoms with van der Waals surface area (Å²) in [6, 6.07) is 9.49. The molecule has 1 aromatic rings. The van der Waals surface area contributed by atoms with E-state index in [-0.39, 0.29) is 6.04 Å². The SMILES string of the molecule is CNC(CNC(N)=O)c1ccccc1. The van der Waals surface area contributed by atoms with Crippen LogP contribution in [0.4, 0.5) is 4.79 Å². The van der Waals surface area contributed by atoms with E-state index in [9.17, 15) is 4.79 Å². The summed E-state index contributed by atoms with van der Waals surface area (Å²) in [5.74, 6) is 0. The molecule has 0 bridgehead atoms. The normalized spacial score (nSPS) is 12.1. The van der Waals surface area contributed by atoms with Crippen molar-refractivity contribution in [3.63, 3.8) is 0 Å². The zero-order chi connectivity index (χ0) is 10.4. The summed E-state index contributed by atoms with van der Waals surface area (Å²) in [6.07, 6.45) is 0. The van der Waals surface area contributed by atoms with Gasteiger partial charge in [0.25, 0.3) is 0 Å². The van der Waals surface area contributed by atoms with E-state index in [1.165, 1.54) is 0 Å². The van der Waals surface area contributed by atoms with Crippen molar-refractivity contribution in [3.8, 4) is 0 Å². The van der Waals surface area contributed by atoms with Crippen LogP contribution in [0.5, 0.6) is 0 Å². The third-order valence-electron chi connectivity index (χ3n) is 2.03. The molecule has 0 fully saturated rings. The van der Waals surface area contributed by atoms with Gasteiger partial charge < -0.3 is 16.4 Å².